The van der Waals surface area contributed by atoms with E-state index < -0.39 is 23.7 Å². The molecule has 7 heteroatoms. The Morgan fingerprint density at radius 1 is 1.09 bits per heavy atom. The number of methoxy groups -OCH3 is 1. The van der Waals surface area contributed by atoms with Crippen LogP contribution in [0, 0.1) is 5.92 Å². The molecule has 4 rings (SSSR count). The van der Waals surface area contributed by atoms with E-state index in [9.17, 15) is 14.4 Å². The fraction of sp³-hybridized carbons (Fsp3) is 0.120. The number of carbonyl (C=O) groups excluding carboxylic acids is 3. The Bertz CT molecular complexity index is 1250. The Hall–Kier alpha value is -4.35. The molecule has 0 bridgehead atoms. The van der Waals surface area contributed by atoms with Gasteiger partial charge in [-0.3, -0.25) is 14.5 Å². The van der Waals surface area contributed by atoms with Crippen molar-refractivity contribution >= 4 is 29.2 Å². The smallest absolute Gasteiger partial charge is 0.337 e. The topological polar surface area (TPSA) is 88.8 Å². The first-order valence-corrected chi connectivity index (χ1v) is 9.87. The minimum Gasteiger partial charge on any atom is -0.465 e. The number of nitrogens with zero attached hydrogens (tertiary/aromatic N) is 1. The highest BCUT2D eigenvalue weighted by Crippen LogP contribution is 2.27. The normalized spacial score (nSPS) is 15.3. The van der Waals surface area contributed by atoms with E-state index in [1.807, 2.05) is 12.1 Å². The SMILES string of the molecule is COC(=O)c1cccc(N2C=C=C(C)C(C(=O)Nc3cccc(-c4ccco4)c3)C2=O)c1. The van der Waals surface area contributed by atoms with Crippen molar-refractivity contribution in [2.75, 3.05) is 17.3 Å². The van der Waals surface area contributed by atoms with Crippen LogP contribution in [0.2, 0.25) is 0 Å². The van der Waals surface area contributed by atoms with Gasteiger partial charge < -0.3 is 14.5 Å². The molecule has 1 atom stereocenters. The summed E-state index contributed by atoms with van der Waals surface area (Å²) >= 11 is 0. The molecule has 7 nitrogen and oxygen atoms in total. The molecule has 2 aromatic carbocycles. The largest absolute Gasteiger partial charge is 0.465 e. The van der Waals surface area contributed by atoms with Crippen LogP contribution in [0.5, 0.6) is 0 Å². The minimum atomic E-state index is -1.06. The lowest BCUT2D eigenvalue weighted by molar-refractivity contribution is -0.129. The Morgan fingerprint density at radius 3 is 2.66 bits per heavy atom. The second kappa shape index (κ2) is 8.79. The molecule has 32 heavy (non-hydrogen) atoms. The maximum atomic E-state index is 13.2. The number of nitrogens with one attached hydrogen (secondary N) is 1. The molecule has 2 heterocycles. The van der Waals surface area contributed by atoms with Crippen LogP contribution in [-0.4, -0.2) is 24.9 Å². The second-order valence-electron chi connectivity index (χ2n) is 7.19. The van der Waals surface area contributed by atoms with Crippen molar-refractivity contribution in [3.05, 3.63) is 90.0 Å². The number of ether oxygens (including phenoxy) is 1. The quantitative estimate of drug-likeness (QED) is 0.370. The van der Waals surface area contributed by atoms with Crippen LogP contribution >= 0.6 is 0 Å². The fourth-order valence-corrected chi connectivity index (χ4v) is 3.46. The monoisotopic (exact) mass is 428 g/mol. The zero-order chi connectivity index (χ0) is 22.7. The summed E-state index contributed by atoms with van der Waals surface area (Å²) in [6.07, 6.45) is 3.04. The summed E-state index contributed by atoms with van der Waals surface area (Å²) in [5.74, 6) is -1.82. The van der Waals surface area contributed by atoms with Crippen LogP contribution < -0.4 is 10.2 Å². The van der Waals surface area contributed by atoms with Crippen molar-refractivity contribution < 1.29 is 23.5 Å². The van der Waals surface area contributed by atoms with Gasteiger partial charge in [-0.25, -0.2) is 4.79 Å². The van der Waals surface area contributed by atoms with Crippen molar-refractivity contribution in [1.82, 2.24) is 0 Å². The van der Waals surface area contributed by atoms with E-state index in [0.717, 1.165) is 5.56 Å². The van der Waals surface area contributed by atoms with Crippen molar-refractivity contribution in [2.45, 2.75) is 6.92 Å². The summed E-state index contributed by atoms with van der Waals surface area (Å²) in [6, 6.07) is 17.2. The van der Waals surface area contributed by atoms with Gasteiger partial charge in [0.2, 0.25) is 11.8 Å². The van der Waals surface area contributed by atoms with Crippen LogP contribution in [0.25, 0.3) is 11.3 Å². The summed E-state index contributed by atoms with van der Waals surface area (Å²) in [4.78, 5) is 39.4. The van der Waals surface area contributed by atoms with Gasteiger partial charge in [0.05, 0.1) is 25.1 Å². The van der Waals surface area contributed by atoms with Gasteiger partial charge >= 0.3 is 5.97 Å². The number of anilines is 2. The number of rotatable bonds is 5. The van der Waals surface area contributed by atoms with Gasteiger partial charge in [0.15, 0.2) is 0 Å². The molecule has 2 amide bonds. The Kier molecular flexibility index (Phi) is 5.75. The number of furan rings is 1. The van der Waals surface area contributed by atoms with Crippen LogP contribution in [-0.2, 0) is 14.3 Å². The zero-order valence-corrected chi connectivity index (χ0v) is 17.5. The zero-order valence-electron chi connectivity index (χ0n) is 17.5. The van der Waals surface area contributed by atoms with E-state index in [4.69, 9.17) is 9.15 Å². The number of amides is 2. The molecule has 0 spiro atoms. The average molecular weight is 428 g/mol. The molecule has 0 fully saturated rings. The predicted octanol–water partition coefficient (Wildman–Crippen LogP) is 4.39. The Morgan fingerprint density at radius 2 is 1.91 bits per heavy atom. The van der Waals surface area contributed by atoms with E-state index in [1.165, 1.54) is 24.3 Å². The van der Waals surface area contributed by atoms with Crippen LogP contribution in [0.3, 0.4) is 0 Å². The van der Waals surface area contributed by atoms with Gasteiger partial charge in [-0.15, -0.1) is 5.73 Å². The number of carbonyl (C=O) groups is 3. The Balaban J connectivity index is 1.58. The van der Waals surface area contributed by atoms with Crippen molar-refractivity contribution in [2.24, 2.45) is 5.92 Å². The summed E-state index contributed by atoms with van der Waals surface area (Å²) < 4.78 is 10.1. The molecule has 0 aliphatic carbocycles. The highest BCUT2D eigenvalue weighted by atomic mass is 16.5. The maximum Gasteiger partial charge on any atom is 0.337 e. The second-order valence-corrected chi connectivity index (χ2v) is 7.19. The molecular formula is C25H20N2O5. The van der Waals surface area contributed by atoms with E-state index >= 15 is 0 Å². The van der Waals surface area contributed by atoms with E-state index in [1.54, 1.807) is 55.7 Å². The van der Waals surface area contributed by atoms with E-state index in [2.05, 4.69) is 11.0 Å². The van der Waals surface area contributed by atoms with Crippen molar-refractivity contribution in [3.8, 4) is 11.3 Å². The summed E-state index contributed by atoms with van der Waals surface area (Å²) in [7, 11) is 1.29. The third-order valence-corrected chi connectivity index (χ3v) is 5.08. The van der Waals surface area contributed by atoms with Gasteiger partial charge in [-0.2, -0.15) is 0 Å². The lowest BCUT2D eigenvalue weighted by atomic mass is 9.95. The van der Waals surface area contributed by atoms with Crippen LogP contribution in [0.1, 0.15) is 17.3 Å². The lowest BCUT2D eigenvalue weighted by Crippen LogP contribution is -2.41. The summed E-state index contributed by atoms with van der Waals surface area (Å²) in [5, 5.41) is 2.81. The molecule has 3 aromatic rings. The predicted molar refractivity (Wildman–Crippen MR) is 119 cm³/mol. The molecule has 0 saturated carbocycles. The molecular weight excluding hydrogens is 408 g/mol. The molecule has 0 saturated heterocycles. The maximum absolute atomic E-state index is 13.2. The minimum absolute atomic E-state index is 0.299. The van der Waals surface area contributed by atoms with Gasteiger partial charge in [0.1, 0.15) is 11.7 Å². The van der Waals surface area contributed by atoms with Crippen LogP contribution in [0.4, 0.5) is 11.4 Å². The standard InChI is InChI=1S/C25H20N2O5/c1-16-11-12-27(20-9-4-7-18(15-20)25(30)31-2)24(29)22(16)23(28)26-19-8-3-6-17(14-19)21-10-5-13-32-21/h3-10,12-15,22H,1-2H3,(H,26,28). The van der Waals surface area contributed by atoms with Crippen LogP contribution in [0.15, 0.2) is 88.8 Å². The highest BCUT2D eigenvalue weighted by molar-refractivity contribution is 6.15. The third-order valence-electron chi connectivity index (χ3n) is 5.08. The molecule has 1 unspecified atom stereocenters. The van der Waals surface area contributed by atoms with Gasteiger partial charge in [0.25, 0.3) is 0 Å². The number of hydrogen-bond donors (Lipinski definition) is 1. The fourth-order valence-electron chi connectivity index (χ4n) is 3.46. The lowest BCUT2D eigenvalue weighted by Gasteiger charge is -2.26. The summed E-state index contributed by atoms with van der Waals surface area (Å²) in [5.41, 5.74) is 5.56. The first kappa shape index (κ1) is 20.9. The third kappa shape index (κ3) is 4.10. The van der Waals surface area contributed by atoms with E-state index in [-0.39, 0.29) is 0 Å². The van der Waals surface area contributed by atoms with Crippen molar-refractivity contribution in [1.29, 1.82) is 0 Å². The van der Waals surface area contributed by atoms with Gasteiger partial charge in [0, 0.05) is 16.9 Å². The highest BCUT2D eigenvalue weighted by Gasteiger charge is 2.35. The van der Waals surface area contributed by atoms with E-state index in [0.29, 0.717) is 28.3 Å². The first-order valence-electron chi connectivity index (χ1n) is 9.87. The average Bonchev–Trinajstić information content (AvgIpc) is 3.34. The molecule has 1 aliphatic rings. The molecule has 160 valence electrons. The van der Waals surface area contributed by atoms with Gasteiger partial charge in [-0.1, -0.05) is 18.2 Å². The number of hydrogen-bond acceptors (Lipinski definition) is 5. The molecule has 1 aliphatic heterocycles. The summed E-state index contributed by atoms with van der Waals surface area (Å²) in [6.45, 7) is 1.68. The molecule has 0 radical (unpaired) electrons. The van der Waals surface area contributed by atoms with Crippen molar-refractivity contribution in [3.63, 3.8) is 0 Å². The molecule has 1 N–H and O–H groups in total. The van der Waals surface area contributed by atoms with Gasteiger partial charge in [-0.05, 0) is 55.0 Å². The first-order chi connectivity index (χ1) is 15.5. The Labute approximate surface area is 184 Å². The number of benzene rings is 2. The molecule has 1 aromatic heterocycles. The number of esters is 1.